The first-order chi connectivity index (χ1) is 16.8. The van der Waals surface area contributed by atoms with E-state index in [0.29, 0.717) is 30.2 Å². The van der Waals surface area contributed by atoms with E-state index in [2.05, 4.69) is 23.1 Å². The van der Waals surface area contributed by atoms with E-state index in [1.165, 1.54) is 22.1 Å². The lowest BCUT2D eigenvalue weighted by Crippen LogP contribution is -2.47. The summed E-state index contributed by atoms with van der Waals surface area (Å²) in [5.74, 6) is -0.915. The van der Waals surface area contributed by atoms with E-state index in [1.54, 1.807) is 26.1 Å². The number of fused-ring (bicyclic) bond motifs is 2. The maximum Gasteiger partial charge on any atom is 0.325 e. The number of piperidine rings is 1. The van der Waals surface area contributed by atoms with Crippen molar-refractivity contribution in [2.45, 2.75) is 38.4 Å². The van der Waals surface area contributed by atoms with Gasteiger partial charge >= 0.3 is 5.97 Å². The molecule has 1 unspecified atom stereocenters. The molecule has 1 amide bonds. The zero-order chi connectivity index (χ0) is 25.0. The minimum absolute atomic E-state index is 0.104. The van der Waals surface area contributed by atoms with Crippen LogP contribution in [0.15, 0.2) is 42.5 Å². The van der Waals surface area contributed by atoms with Gasteiger partial charge < -0.3 is 24.4 Å². The number of carbonyl (C=O) groups is 2. The number of phenolic OH excluding ortho intramolecular Hbond substituents is 1. The fourth-order valence-corrected chi connectivity index (χ4v) is 5.40. The highest BCUT2D eigenvalue weighted by atomic mass is 35.5. The minimum atomic E-state index is -0.436. The molecule has 8 heteroatoms. The first-order valence-corrected chi connectivity index (χ1v) is 12.5. The van der Waals surface area contributed by atoms with E-state index in [-0.39, 0.29) is 30.4 Å². The zero-order valence-corrected chi connectivity index (χ0v) is 21.1. The average Bonchev–Trinajstić information content (AvgIpc) is 3.20. The lowest BCUT2D eigenvalue weighted by molar-refractivity contribution is -0.149. The summed E-state index contributed by atoms with van der Waals surface area (Å²) in [5, 5.41) is 10.5. The Morgan fingerprint density at radius 2 is 1.97 bits per heavy atom. The summed E-state index contributed by atoms with van der Waals surface area (Å²) < 4.78 is 11.3. The second-order valence-electron chi connectivity index (χ2n) is 9.42. The molecule has 0 aliphatic carbocycles. The summed E-state index contributed by atoms with van der Waals surface area (Å²) in [7, 11) is 1.62. The third kappa shape index (κ3) is 5.80. The molecule has 1 saturated heterocycles. The smallest absolute Gasteiger partial charge is 0.325 e. The van der Waals surface area contributed by atoms with Gasteiger partial charge in [0.05, 0.1) is 24.7 Å². The Balaban J connectivity index is 1.47. The number of nitrogens with zero attached hydrogens (tertiary/aromatic N) is 2. The summed E-state index contributed by atoms with van der Waals surface area (Å²) >= 11 is 6.38. The van der Waals surface area contributed by atoms with Crippen molar-refractivity contribution in [3.63, 3.8) is 0 Å². The Kier molecular flexibility index (Phi) is 7.99. The van der Waals surface area contributed by atoms with Gasteiger partial charge in [-0.15, -0.1) is 0 Å². The maximum absolute atomic E-state index is 13.4. The van der Waals surface area contributed by atoms with Crippen LogP contribution in [0.5, 0.6) is 5.75 Å². The van der Waals surface area contributed by atoms with E-state index >= 15 is 0 Å². The molecule has 2 aliphatic heterocycles. The standard InChI is InChI=1S/C27H33ClN2O5/c1-3-34-25(32)17-29(2)26(33)21(14-20-15-22(31)8-9-24(20)28)16-30-12-10-27(11-13-30)23-7-5-4-6-19(23)18-35-27/h4-9,15,21,31H,3,10-14,16-18H2,1-2H3. The van der Waals surface area contributed by atoms with Crippen molar-refractivity contribution in [1.29, 1.82) is 0 Å². The Labute approximate surface area is 211 Å². The van der Waals surface area contributed by atoms with Gasteiger partial charge in [0.15, 0.2) is 0 Å². The third-order valence-corrected chi connectivity index (χ3v) is 7.42. The quantitative estimate of drug-likeness (QED) is 0.556. The Bertz CT molecular complexity index is 1070. The summed E-state index contributed by atoms with van der Waals surface area (Å²) in [6.07, 6.45) is 2.08. The van der Waals surface area contributed by atoms with E-state index in [9.17, 15) is 14.7 Å². The monoisotopic (exact) mass is 500 g/mol. The number of benzene rings is 2. The van der Waals surface area contributed by atoms with Crippen LogP contribution < -0.4 is 0 Å². The van der Waals surface area contributed by atoms with Crippen molar-refractivity contribution in [3.8, 4) is 5.75 Å². The van der Waals surface area contributed by atoms with Crippen molar-refractivity contribution >= 4 is 23.5 Å². The van der Waals surface area contributed by atoms with Crippen molar-refractivity contribution in [3.05, 3.63) is 64.2 Å². The van der Waals surface area contributed by atoms with Crippen LogP contribution in [0.3, 0.4) is 0 Å². The van der Waals surface area contributed by atoms with Crippen LogP contribution >= 0.6 is 11.6 Å². The predicted molar refractivity (Wildman–Crippen MR) is 133 cm³/mol. The van der Waals surface area contributed by atoms with Crippen LogP contribution in [0.4, 0.5) is 0 Å². The molecule has 1 fully saturated rings. The molecule has 1 N–H and O–H groups in total. The number of likely N-dealkylation sites (N-methyl/N-ethyl adjacent to an activating group) is 1. The predicted octanol–water partition coefficient (Wildman–Crippen LogP) is 3.75. The number of likely N-dealkylation sites (tertiary alicyclic amines) is 1. The highest BCUT2D eigenvalue weighted by Gasteiger charge is 2.43. The van der Waals surface area contributed by atoms with E-state index in [0.717, 1.165) is 25.9 Å². The first kappa shape index (κ1) is 25.5. The fourth-order valence-electron chi connectivity index (χ4n) is 5.21. The lowest BCUT2D eigenvalue weighted by Gasteiger charge is -2.40. The molecule has 2 aliphatic rings. The number of aromatic hydroxyl groups is 1. The van der Waals surface area contributed by atoms with Gasteiger partial charge in [0, 0.05) is 31.7 Å². The molecule has 7 nitrogen and oxygen atoms in total. The second-order valence-corrected chi connectivity index (χ2v) is 9.82. The van der Waals surface area contributed by atoms with Gasteiger partial charge in [-0.25, -0.2) is 0 Å². The molecule has 1 spiro atoms. The Morgan fingerprint density at radius 1 is 1.23 bits per heavy atom. The van der Waals surface area contributed by atoms with Gasteiger partial charge in [-0.05, 0) is 61.1 Å². The molecule has 0 radical (unpaired) electrons. The molecule has 1 atom stereocenters. The van der Waals surface area contributed by atoms with Gasteiger partial charge in [-0.3, -0.25) is 9.59 Å². The molecule has 2 aromatic carbocycles. The molecule has 2 aromatic rings. The molecule has 4 rings (SSSR count). The second kappa shape index (κ2) is 11.0. The fraction of sp³-hybridized carbons (Fsp3) is 0.481. The normalized spacial score (nSPS) is 17.7. The summed E-state index contributed by atoms with van der Waals surface area (Å²) in [5.41, 5.74) is 3.00. The summed E-state index contributed by atoms with van der Waals surface area (Å²) in [6.45, 7) is 4.67. The number of hydrogen-bond acceptors (Lipinski definition) is 6. The van der Waals surface area contributed by atoms with E-state index in [4.69, 9.17) is 21.1 Å². The number of phenols is 1. The SMILES string of the molecule is CCOC(=O)CN(C)C(=O)C(Cc1cc(O)ccc1Cl)CN1CCC2(CC1)OCc1ccccc12. The summed E-state index contributed by atoms with van der Waals surface area (Å²) in [6, 6.07) is 13.2. The highest BCUT2D eigenvalue weighted by molar-refractivity contribution is 6.31. The Morgan fingerprint density at radius 3 is 2.71 bits per heavy atom. The lowest BCUT2D eigenvalue weighted by atomic mass is 9.83. The van der Waals surface area contributed by atoms with Crippen molar-refractivity contribution in [1.82, 2.24) is 9.80 Å². The number of hydrogen-bond donors (Lipinski definition) is 1. The van der Waals surface area contributed by atoms with Gasteiger partial charge in [-0.2, -0.15) is 0 Å². The van der Waals surface area contributed by atoms with Gasteiger partial charge in [-0.1, -0.05) is 35.9 Å². The molecule has 2 heterocycles. The Hall–Kier alpha value is -2.61. The van der Waals surface area contributed by atoms with Crippen LogP contribution in [-0.4, -0.2) is 66.6 Å². The molecular formula is C27H33ClN2O5. The third-order valence-electron chi connectivity index (χ3n) is 7.05. The number of esters is 1. The largest absolute Gasteiger partial charge is 0.508 e. The highest BCUT2D eigenvalue weighted by Crippen LogP contribution is 2.44. The maximum atomic E-state index is 13.4. The van der Waals surface area contributed by atoms with Gasteiger partial charge in [0.25, 0.3) is 0 Å². The number of amides is 1. The van der Waals surface area contributed by atoms with Crippen molar-refractivity contribution < 1.29 is 24.2 Å². The van der Waals surface area contributed by atoms with Gasteiger partial charge in [0.1, 0.15) is 12.3 Å². The van der Waals surface area contributed by atoms with Crippen molar-refractivity contribution in [2.75, 3.05) is 39.8 Å². The number of carbonyl (C=O) groups excluding carboxylic acids is 2. The summed E-state index contributed by atoms with van der Waals surface area (Å²) in [4.78, 5) is 29.1. The van der Waals surface area contributed by atoms with Crippen molar-refractivity contribution in [2.24, 2.45) is 5.92 Å². The van der Waals surface area contributed by atoms with Crippen LogP contribution in [0.25, 0.3) is 0 Å². The molecule has 188 valence electrons. The molecule has 0 saturated carbocycles. The van der Waals surface area contributed by atoms with Crippen LogP contribution in [0.2, 0.25) is 5.02 Å². The zero-order valence-electron chi connectivity index (χ0n) is 20.3. The van der Waals surface area contributed by atoms with E-state index in [1.807, 2.05) is 6.07 Å². The van der Waals surface area contributed by atoms with Crippen LogP contribution in [0, 0.1) is 5.92 Å². The number of rotatable bonds is 8. The molecule has 0 bridgehead atoms. The number of halogens is 1. The topological polar surface area (TPSA) is 79.3 Å². The van der Waals surface area contributed by atoms with E-state index < -0.39 is 11.9 Å². The molecule has 0 aromatic heterocycles. The molecular weight excluding hydrogens is 468 g/mol. The van der Waals surface area contributed by atoms with Crippen LogP contribution in [-0.2, 0) is 37.7 Å². The minimum Gasteiger partial charge on any atom is -0.508 e. The average molecular weight is 501 g/mol. The van der Waals surface area contributed by atoms with Gasteiger partial charge in [0.2, 0.25) is 5.91 Å². The van der Waals surface area contributed by atoms with Crippen LogP contribution in [0.1, 0.15) is 36.5 Å². The first-order valence-electron chi connectivity index (χ1n) is 12.1. The molecule has 35 heavy (non-hydrogen) atoms. The number of ether oxygens (including phenoxy) is 2.